The molecule has 0 unspecified atom stereocenters. The van der Waals surface area contributed by atoms with Crippen molar-refractivity contribution >= 4 is 15.4 Å². The van der Waals surface area contributed by atoms with Gasteiger partial charge in [0, 0.05) is 10.2 Å². The smallest absolute Gasteiger partial charge is 0.122 e. The second kappa shape index (κ2) is 4.47. The van der Waals surface area contributed by atoms with Crippen LogP contribution in [0.15, 0.2) is 12.1 Å². The van der Waals surface area contributed by atoms with Crippen LogP contribution < -0.4 is 9.92 Å². The minimum Gasteiger partial charge on any atom is -0.493 e. The molecule has 0 spiro atoms. The van der Waals surface area contributed by atoms with Crippen molar-refractivity contribution in [2.45, 2.75) is 27.2 Å². The number of hydrogen-bond donors (Lipinski definition) is 0. The topological polar surface area (TPSA) is 9.23 Å². The Morgan fingerprint density at radius 2 is 2.00 bits per heavy atom. The summed E-state index contributed by atoms with van der Waals surface area (Å²) in [7, 11) is 1.10. The molecular formula is C11H18OSi. The average Bonchev–Trinajstić information content (AvgIpc) is 2.09. The molecule has 1 aromatic carbocycles. The van der Waals surface area contributed by atoms with Crippen LogP contribution in [0.5, 0.6) is 5.75 Å². The quantitative estimate of drug-likeness (QED) is 0.654. The van der Waals surface area contributed by atoms with E-state index in [1.807, 2.05) is 0 Å². The van der Waals surface area contributed by atoms with Gasteiger partial charge in [-0.2, -0.15) is 0 Å². The van der Waals surface area contributed by atoms with Gasteiger partial charge in [0.2, 0.25) is 0 Å². The molecule has 0 heterocycles. The van der Waals surface area contributed by atoms with Crippen molar-refractivity contribution < 1.29 is 4.74 Å². The molecule has 0 saturated carbocycles. The third-order valence-corrected chi connectivity index (χ3v) is 2.80. The van der Waals surface area contributed by atoms with Gasteiger partial charge in [-0.15, -0.1) is 0 Å². The maximum atomic E-state index is 5.67. The summed E-state index contributed by atoms with van der Waals surface area (Å²) >= 11 is 0. The molecule has 1 nitrogen and oxygen atoms in total. The lowest BCUT2D eigenvalue weighted by Crippen LogP contribution is -2.07. The standard InChI is InChI=1S/C11H18OSi/c1-4-5-12-11-7-10(13)6-8(2)9(11)3/h6-7H,4-5H2,1-3,13H3. The zero-order chi connectivity index (χ0) is 9.84. The first kappa shape index (κ1) is 10.3. The fraction of sp³-hybridized carbons (Fsp3) is 0.455. The van der Waals surface area contributed by atoms with Crippen LogP contribution in [0.4, 0.5) is 0 Å². The van der Waals surface area contributed by atoms with Crippen LogP contribution in [0.2, 0.25) is 0 Å². The van der Waals surface area contributed by atoms with E-state index < -0.39 is 0 Å². The summed E-state index contributed by atoms with van der Waals surface area (Å²) in [5, 5.41) is 1.41. The van der Waals surface area contributed by atoms with Gasteiger partial charge >= 0.3 is 0 Å². The van der Waals surface area contributed by atoms with Crippen molar-refractivity contribution in [1.29, 1.82) is 0 Å². The van der Waals surface area contributed by atoms with E-state index in [-0.39, 0.29) is 0 Å². The Hall–Kier alpha value is -0.763. The lowest BCUT2D eigenvalue weighted by atomic mass is 10.1. The maximum Gasteiger partial charge on any atom is 0.122 e. The van der Waals surface area contributed by atoms with Gasteiger partial charge in [-0.1, -0.05) is 18.2 Å². The first-order valence-corrected chi connectivity index (χ1v) is 5.85. The molecule has 2 heteroatoms. The summed E-state index contributed by atoms with van der Waals surface area (Å²) in [6.45, 7) is 7.23. The third-order valence-electron chi connectivity index (χ3n) is 2.23. The van der Waals surface area contributed by atoms with Gasteiger partial charge in [-0.3, -0.25) is 0 Å². The molecular weight excluding hydrogens is 176 g/mol. The molecule has 0 aliphatic heterocycles. The van der Waals surface area contributed by atoms with E-state index in [4.69, 9.17) is 4.74 Å². The van der Waals surface area contributed by atoms with E-state index in [0.29, 0.717) is 0 Å². The summed E-state index contributed by atoms with van der Waals surface area (Å²) < 4.78 is 5.67. The minimum absolute atomic E-state index is 0.825. The van der Waals surface area contributed by atoms with Crippen molar-refractivity contribution in [3.05, 3.63) is 23.3 Å². The largest absolute Gasteiger partial charge is 0.493 e. The molecule has 0 aliphatic carbocycles. The molecule has 0 amide bonds. The van der Waals surface area contributed by atoms with Crippen molar-refractivity contribution in [3.63, 3.8) is 0 Å². The van der Waals surface area contributed by atoms with E-state index in [9.17, 15) is 0 Å². The first-order chi connectivity index (χ1) is 6.15. The van der Waals surface area contributed by atoms with E-state index in [2.05, 4.69) is 32.9 Å². The summed E-state index contributed by atoms with van der Waals surface area (Å²) in [5.74, 6) is 1.08. The predicted molar refractivity (Wildman–Crippen MR) is 61.3 cm³/mol. The maximum absolute atomic E-state index is 5.67. The van der Waals surface area contributed by atoms with Gasteiger partial charge in [0.1, 0.15) is 5.75 Å². The average molecular weight is 194 g/mol. The van der Waals surface area contributed by atoms with Crippen LogP contribution in [0.1, 0.15) is 24.5 Å². The lowest BCUT2D eigenvalue weighted by molar-refractivity contribution is 0.315. The van der Waals surface area contributed by atoms with Crippen LogP contribution in [-0.2, 0) is 0 Å². The molecule has 72 valence electrons. The summed E-state index contributed by atoms with van der Waals surface area (Å²) in [6, 6.07) is 4.42. The van der Waals surface area contributed by atoms with E-state index >= 15 is 0 Å². The fourth-order valence-corrected chi connectivity index (χ4v) is 2.06. The second-order valence-electron chi connectivity index (χ2n) is 3.55. The van der Waals surface area contributed by atoms with Crippen LogP contribution in [0.25, 0.3) is 0 Å². The van der Waals surface area contributed by atoms with Crippen molar-refractivity contribution in [1.82, 2.24) is 0 Å². The first-order valence-electron chi connectivity index (χ1n) is 4.85. The summed E-state index contributed by atoms with van der Waals surface area (Å²) in [5.41, 5.74) is 2.63. The van der Waals surface area contributed by atoms with Gasteiger partial charge in [0.05, 0.1) is 6.61 Å². The number of rotatable bonds is 3. The molecule has 0 fully saturated rings. The molecule has 0 radical (unpaired) electrons. The van der Waals surface area contributed by atoms with E-state index in [0.717, 1.165) is 29.0 Å². The van der Waals surface area contributed by atoms with Crippen LogP contribution in [-0.4, -0.2) is 16.8 Å². The highest BCUT2D eigenvalue weighted by Crippen LogP contribution is 2.19. The molecule has 13 heavy (non-hydrogen) atoms. The predicted octanol–water partition coefficient (Wildman–Crippen LogP) is 1.08. The Kier molecular flexibility index (Phi) is 3.55. The van der Waals surface area contributed by atoms with Gasteiger partial charge in [0.25, 0.3) is 0 Å². The summed E-state index contributed by atoms with van der Waals surface area (Å²) in [6.07, 6.45) is 1.07. The normalized spacial score (nSPS) is 10.4. The van der Waals surface area contributed by atoms with Gasteiger partial charge in [-0.25, -0.2) is 0 Å². The van der Waals surface area contributed by atoms with E-state index in [1.54, 1.807) is 0 Å². The van der Waals surface area contributed by atoms with Crippen LogP contribution in [0, 0.1) is 13.8 Å². The van der Waals surface area contributed by atoms with Crippen molar-refractivity contribution in [2.75, 3.05) is 6.61 Å². The zero-order valence-electron chi connectivity index (χ0n) is 8.98. The number of benzene rings is 1. The summed E-state index contributed by atoms with van der Waals surface area (Å²) in [4.78, 5) is 0. The van der Waals surface area contributed by atoms with Gasteiger partial charge in [-0.05, 0) is 37.5 Å². The number of hydrogen-bond acceptors (Lipinski definition) is 1. The zero-order valence-corrected chi connectivity index (χ0v) is 11.0. The van der Waals surface area contributed by atoms with Gasteiger partial charge in [0.15, 0.2) is 0 Å². The number of aryl methyl sites for hydroxylation is 1. The molecule has 0 saturated heterocycles. The highest BCUT2D eigenvalue weighted by Gasteiger charge is 2.02. The lowest BCUT2D eigenvalue weighted by Gasteiger charge is -2.11. The molecule has 1 aromatic rings. The molecule has 0 aromatic heterocycles. The molecule has 0 N–H and O–H groups in total. The molecule has 0 bridgehead atoms. The monoisotopic (exact) mass is 194 g/mol. The Bertz CT molecular complexity index is 294. The third kappa shape index (κ3) is 2.59. The highest BCUT2D eigenvalue weighted by molar-refractivity contribution is 6.32. The minimum atomic E-state index is 0.825. The molecule has 0 aliphatic rings. The Labute approximate surface area is 83.5 Å². The Balaban J connectivity index is 2.92. The van der Waals surface area contributed by atoms with Crippen LogP contribution >= 0.6 is 0 Å². The fourth-order valence-electron chi connectivity index (χ4n) is 1.36. The van der Waals surface area contributed by atoms with E-state index in [1.165, 1.54) is 16.3 Å². The van der Waals surface area contributed by atoms with Gasteiger partial charge < -0.3 is 4.74 Å². The highest BCUT2D eigenvalue weighted by atomic mass is 28.1. The Morgan fingerprint density at radius 1 is 1.31 bits per heavy atom. The Morgan fingerprint density at radius 3 is 2.62 bits per heavy atom. The molecule has 1 rings (SSSR count). The van der Waals surface area contributed by atoms with Crippen molar-refractivity contribution in [3.8, 4) is 5.75 Å². The second-order valence-corrected chi connectivity index (χ2v) is 4.71. The van der Waals surface area contributed by atoms with Crippen molar-refractivity contribution in [2.24, 2.45) is 0 Å². The van der Waals surface area contributed by atoms with Crippen LogP contribution in [0.3, 0.4) is 0 Å². The molecule has 0 atom stereocenters. The SMILES string of the molecule is CCCOc1cc([SiH3])cc(C)c1C. The number of ether oxygens (including phenoxy) is 1.